The van der Waals surface area contributed by atoms with Crippen LogP contribution in [0.15, 0.2) is 0 Å². The molecule has 2 N–H and O–H groups in total. The topological polar surface area (TPSA) is 182 Å². The van der Waals surface area contributed by atoms with E-state index in [0.717, 1.165) is 27.7 Å². The van der Waals surface area contributed by atoms with Gasteiger partial charge in [0.05, 0.1) is 13.2 Å². The van der Waals surface area contributed by atoms with Crippen LogP contribution in [0.2, 0.25) is 0 Å². The van der Waals surface area contributed by atoms with Crippen molar-refractivity contribution in [2.24, 2.45) is 0 Å². The van der Waals surface area contributed by atoms with Gasteiger partial charge in [0.25, 0.3) is 0 Å². The molecule has 1 aliphatic heterocycles. The second-order valence-electron chi connectivity index (χ2n) is 7.20. The van der Waals surface area contributed by atoms with E-state index in [0.29, 0.717) is 0 Å². The third-order valence-electron chi connectivity index (χ3n) is 4.22. The van der Waals surface area contributed by atoms with Crippen molar-refractivity contribution in [3.8, 4) is 0 Å². The minimum Gasteiger partial charge on any atom is -0.463 e. The Kier molecular flexibility index (Phi) is 13.0. The molecule has 5 atom stereocenters. The maximum atomic E-state index is 11.8. The number of ether oxygens (including phenoxy) is 6. The standard InChI is InChI=1S/C20H29ClN2O12/c1-10(24)31-9-14-17(32-11(2)25)18(33-12(3)26)19(34-13(4)27)20(35-14)30-6-5-22-16(29)8-23-15(28)7-21/h14,17-20H,5-9H2,1-4H3,(H,22,29)(H,23,28)/t14?,17-,18?,19-,20+/m0/s1. The van der Waals surface area contributed by atoms with Crippen molar-refractivity contribution in [1.82, 2.24) is 10.6 Å². The number of amides is 2. The van der Waals surface area contributed by atoms with Gasteiger partial charge in [0.1, 0.15) is 18.6 Å². The quantitative estimate of drug-likeness (QED) is 0.131. The minimum absolute atomic E-state index is 0.0392. The molecular formula is C20H29ClN2O12. The third-order valence-corrected chi connectivity index (χ3v) is 4.46. The molecule has 1 saturated heterocycles. The molecule has 14 nitrogen and oxygen atoms in total. The molecule has 0 saturated carbocycles. The van der Waals surface area contributed by atoms with Gasteiger partial charge in [0.2, 0.25) is 11.8 Å². The van der Waals surface area contributed by atoms with E-state index in [2.05, 4.69) is 10.6 Å². The molecule has 1 fully saturated rings. The van der Waals surface area contributed by atoms with E-state index >= 15 is 0 Å². The van der Waals surface area contributed by atoms with E-state index in [4.69, 9.17) is 40.0 Å². The second kappa shape index (κ2) is 15.1. The molecule has 15 heteroatoms. The Labute approximate surface area is 206 Å². The molecule has 0 spiro atoms. The van der Waals surface area contributed by atoms with E-state index in [1.54, 1.807) is 0 Å². The Morgan fingerprint density at radius 2 is 1.34 bits per heavy atom. The van der Waals surface area contributed by atoms with Gasteiger partial charge in [-0.3, -0.25) is 28.8 Å². The number of esters is 4. The molecule has 198 valence electrons. The van der Waals surface area contributed by atoms with Gasteiger partial charge in [0.15, 0.2) is 24.6 Å². The van der Waals surface area contributed by atoms with E-state index in [9.17, 15) is 28.8 Å². The lowest BCUT2D eigenvalue weighted by molar-refractivity contribution is -0.307. The fourth-order valence-electron chi connectivity index (χ4n) is 2.98. The van der Waals surface area contributed by atoms with E-state index in [1.165, 1.54) is 0 Å². The summed E-state index contributed by atoms with van der Waals surface area (Å²) in [5.74, 6) is -4.28. The normalized spacial score (nSPS) is 23.4. The summed E-state index contributed by atoms with van der Waals surface area (Å²) in [4.78, 5) is 69.4. The van der Waals surface area contributed by atoms with E-state index in [-0.39, 0.29) is 25.6 Å². The Hall–Kier alpha value is -2.97. The third kappa shape index (κ3) is 11.3. The van der Waals surface area contributed by atoms with Crippen molar-refractivity contribution < 1.29 is 57.2 Å². The molecule has 35 heavy (non-hydrogen) atoms. The summed E-state index contributed by atoms with van der Waals surface area (Å²) in [6.45, 7) is 3.56. The van der Waals surface area contributed by atoms with Crippen molar-refractivity contribution in [3.05, 3.63) is 0 Å². The number of rotatable bonds is 12. The lowest BCUT2D eigenvalue weighted by Gasteiger charge is -2.44. The monoisotopic (exact) mass is 524 g/mol. The summed E-state index contributed by atoms with van der Waals surface area (Å²) >= 11 is 5.33. The largest absolute Gasteiger partial charge is 0.463 e. The Balaban J connectivity index is 2.99. The average Bonchev–Trinajstić information content (AvgIpc) is 2.76. The van der Waals surface area contributed by atoms with E-state index in [1.807, 2.05) is 0 Å². The van der Waals surface area contributed by atoms with Crippen LogP contribution in [0.25, 0.3) is 0 Å². The van der Waals surface area contributed by atoms with Crippen LogP contribution in [0.5, 0.6) is 0 Å². The van der Waals surface area contributed by atoms with E-state index < -0.39 is 73.0 Å². The second-order valence-corrected chi connectivity index (χ2v) is 7.47. The van der Waals surface area contributed by atoms with Gasteiger partial charge in [-0.25, -0.2) is 0 Å². The molecule has 0 aromatic heterocycles. The maximum absolute atomic E-state index is 11.8. The first-order chi connectivity index (χ1) is 16.4. The SMILES string of the molecule is CC(=O)OCC1O[C@@H](OCCNC(=O)CNC(=O)CCl)[C@@H](OC(C)=O)C(OC(C)=O)[C@H]1OC(C)=O. The average molecular weight is 525 g/mol. The highest BCUT2D eigenvalue weighted by molar-refractivity contribution is 6.27. The number of alkyl halides is 1. The summed E-state index contributed by atoms with van der Waals surface area (Å²) < 4.78 is 32.1. The Morgan fingerprint density at radius 1 is 0.771 bits per heavy atom. The van der Waals surface area contributed by atoms with Crippen LogP contribution in [0.4, 0.5) is 0 Å². The van der Waals surface area contributed by atoms with Crippen molar-refractivity contribution in [2.75, 3.05) is 32.2 Å². The van der Waals surface area contributed by atoms with Crippen LogP contribution in [0.3, 0.4) is 0 Å². The van der Waals surface area contributed by atoms with Gasteiger partial charge in [-0.15, -0.1) is 11.6 Å². The number of nitrogens with one attached hydrogen (secondary N) is 2. The maximum Gasteiger partial charge on any atom is 0.303 e. The minimum atomic E-state index is -1.37. The number of halogens is 1. The lowest BCUT2D eigenvalue weighted by Crippen LogP contribution is -2.63. The van der Waals surface area contributed by atoms with Crippen molar-refractivity contribution in [1.29, 1.82) is 0 Å². The zero-order valence-electron chi connectivity index (χ0n) is 19.7. The van der Waals surface area contributed by atoms with Crippen molar-refractivity contribution in [3.63, 3.8) is 0 Å². The Bertz CT molecular complexity index is 792. The van der Waals surface area contributed by atoms with Crippen molar-refractivity contribution in [2.45, 2.75) is 58.4 Å². The zero-order valence-corrected chi connectivity index (χ0v) is 20.5. The number of carbonyl (C=O) groups is 6. The molecular weight excluding hydrogens is 496 g/mol. The van der Waals surface area contributed by atoms with Crippen LogP contribution in [0, 0.1) is 0 Å². The van der Waals surface area contributed by atoms with Crippen LogP contribution >= 0.6 is 11.6 Å². The van der Waals surface area contributed by atoms with Gasteiger partial charge in [-0.1, -0.05) is 0 Å². The van der Waals surface area contributed by atoms with Crippen LogP contribution in [-0.2, 0) is 57.2 Å². The predicted molar refractivity (Wildman–Crippen MR) is 115 cm³/mol. The van der Waals surface area contributed by atoms with Crippen LogP contribution in [0.1, 0.15) is 27.7 Å². The molecule has 2 amide bonds. The first-order valence-corrected chi connectivity index (χ1v) is 11.0. The van der Waals surface area contributed by atoms with Gasteiger partial charge in [-0.2, -0.15) is 0 Å². The number of hydrogen-bond donors (Lipinski definition) is 2. The number of carbonyl (C=O) groups excluding carboxylic acids is 6. The summed E-state index contributed by atoms with van der Waals surface area (Å²) in [5.41, 5.74) is 0. The lowest BCUT2D eigenvalue weighted by atomic mass is 9.98. The van der Waals surface area contributed by atoms with Gasteiger partial charge >= 0.3 is 23.9 Å². The molecule has 0 aromatic carbocycles. The molecule has 0 aliphatic carbocycles. The molecule has 1 aliphatic rings. The first-order valence-electron chi connectivity index (χ1n) is 10.5. The molecule has 1 heterocycles. The smallest absolute Gasteiger partial charge is 0.303 e. The molecule has 0 radical (unpaired) electrons. The molecule has 0 bridgehead atoms. The van der Waals surface area contributed by atoms with Crippen molar-refractivity contribution >= 4 is 47.3 Å². The highest BCUT2D eigenvalue weighted by atomic mass is 35.5. The van der Waals surface area contributed by atoms with Crippen LogP contribution < -0.4 is 10.6 Å². The molecule has 0 aromatic rings. The summed E-state index contributed by atoms with van der Waals surface area (Å²) in [5, 5.41) is 4.76. The van der Waals surface area contributed by atoms with Gasteiger partial charge in [0, 0.05) is 34.2 Å². The fraction of sp³-hybridized carbons (Fsp3) is 0.700. The molecule has 1 rings (SSSR count). The van der Waals surface area contributed by atoms with Gasteiger partial charge in [-0.05, 0) is 0 Å². The highest BCUT2D eigenvalue weighted by Gasteiger charge is 2.52. The fourth-order valence-corrected chi connectivity index (χ4v) is 3.07. The Morgan fingerprint density at radius 3 is 1.89 bits per heavy atom. The summed E-state index contributed by atoms with van der Waals surface area (Å²) in [7, 11) is 0. The first kappa shape index (κ1) is 30.1. The summed E-state index contributed by atoms with van der Waals surface area (Å²) in [6.07, 6.45) is -6.54. The van der Waals surface area contributed by atoms with Gasteiger partial charge < -0.3 is 39.1 Å². The number of hydrogen-bond acceptors (Lipinski definition) is 12. The van der Waals surface area contributed by atoms with Crippen LogP contribution in [-0.4, -0.2) is 98.6 Å². The zero-order chi connectivity index (χ0) is 26.5. The molecule has 2 unspecified atom stereocenters. The highest BCUT2D eigenvalue weighted by Crippen LogP contribution is 2.29. The predicted octanol–water partition coefficient (Wildman–Crippen LogP) is -1.44. The summed E-state index contributed by atoms with van der Waals surface area (Å²) in [6, 6.07) is 0.